The highest BCUT2D eigenvalue weighted by Gasteiger charge is 2.40. The van der Waals surface area contributed by atoms with Gasteiger partial charge in [-0.25, -0.2) is 8.42 Å². The van der Waals surface area contributed by atoms with Crippen molar-refractivity contribution < 1.29 is 17.9 Å². The van der Waals surface area contributed by atoms with E-state index in [4.69, 9.17) is 4.74 Å². The number of rotatable bonds is 5. The lowest BCUT2D eigenvalue weighted by Gasteiger charge is -2.35. The van der Waals surface area contributed by atoms with Gasteiger partial charge in [0.2, 0.25) is 0 Å². The number of ether oxygens (including phenoxy) is 1. The Bertz CT molecular complexity index is 400. The van der Waals surface area contributed by atoms with Gasteiger partial charge in [-0.3, -0.25) is 4.79 Å². The maximum Gasteiger partial charge on any atom is 0.254 e. The molecule has 0 bridgehead atoms. The van der Waals surface area contributed by atoms with E-state index < -0.39 is 15.4 Å². The van der Waals surface area contributed by atoms with Crippen molar-refractivity contribution >= 4 is 15.7 Å². The molecule has 1 amide bonds. The van der Waals surface area contributed by atoms with Gasteiger partial charge in [-0.2, -0.15) is 0 Å². The van der Waals surface area contributed by atoms with Gasteiger partial charge in [0.15, 0.2) is 9.84 Å². The summed E-state index contributed by atoms with van der Waals surface area (Å²) in [6.07, 6.45) is 1.10. The van der Waals surface area contributed by atoms with Crippen molar-refractivity contribution in [2.45, 2.75) is 45.3 Å². The van der Waals surface area contributed by atoms with E-state index >= 15 is 0 Å². The molecule has 2 unspecified atom stereocenters. The number of sulfone groups is 1. The van der Waals surface area contributed by atoms with E-state index in [0.717, 1.165) is 0 Å². The molecule has 5 nitrogen and oxygen atoms in total. The third-order valence-corrected chi connectivity index (χ3v) is 5.58. The zero-order chi connectivity index (χ0) is 14.0. The first-order chi connectivity index (χ1) is 8.29. The predicted octanol–water partition coefficient (Wildman–Crippen LogP) is 0.837. The Hall–Kier alpha value is -0.620. The van der Waals surface area contributed by atoms with Crippen LogP contribution in [0, 0.1) is 0 Å². The average molecular weight is 277 g/mol. The summed E-state index contributed by atoms with van der Waals surface area (Å²) >= 11 is 0. The van der Waals surface area contributed by atoms with Gasteiger partial charge < -0.3 is 9.64 Å². The average Bonchev–Trinajstić information content (AvgIpc) is 2.69. The normalized spacial score (nSPS) is 25.7. The Kier molecular flexibility index (Phi) is 4.78. The molecule has 0 aromatic heterocycles. The number of hydrogen-bond donors (Lipinski definition) is 0. The van der Waals surface area contributed by atoms with E-state index in [1.807, 2.05) is 13.8 Å². The lowest BCUT2D eigenvalue weighted by molar-refractivity contribution is -0.155. The maximum absolute atomic E-state index is 12.5. The summed E-state index contributed by atoms with van der Waals surface area (Å²) in [5.41, 5.74) is -0.859. The van der Waals surface area contributed by atoms with Crippen molar-refractivity contribution in [3.63, 3.8) is 0 Å². The van der Waals surface area contributed by atoms with Gasteiger partial charge in [-0.15, -0.1) is 0 Å². The van der Waals surface area contributed by atoms with Crippen molar-refractivity contribution in [1.29, 1.82) is 0 Å². The van der Waals surface area contributed by atoms with Gasteiger partial charge in [0.1, 0.15) is 5.60 Å². The highest BCUT2D eigenvalue weighted by molar-refractivity contribution is 7.91. The number of nitrogens with zero attached hydrogens (tertiary/aromatic N) is 1. The fraction of sp³-hybridized carbons (Fsp3) is 0.917. The van der Waals surface area contributed by atoms with Crippen LogP contribution in [0.4, 0.5) is 0 Å². The summed E-state index contributed by atoms with van der Waals surface area (Å²) in [6.45, 7) is 6.02. The molecule has 18 heavy (non-hydrogen) atoms. The molecule has 6 heteroatoms. The maximum atomic E-state index is 12.5. The molecule has 0 N–H and O–H groups in total. The van der Waals surface area contributed by atoms with Gasteiger partial charge in [0, 0.05) is 19.7 Å². The highest BCUT2D eigenvalue weighted by atomic mass is 32.2. The Morgan fingerprint density at radius 1 is 1.44 bits per heavy atom. The first-order valence-corrected chi connectivity index (χ1v) is 8.18. The molecule has 0 aromatic carbocycles. The molecular weight excluding hydrogens is 254 g/mol. The van der Waals surface area contributed by atoms with Crippen LogP contribution in [0.5, 0.6) is 0 Å². The van der Waals surface area contributed by atoms with Crippen LogP contribution in [0.3, 0.4) is 0 Å². The van der Waals surface area contributed by atoms with Gasteiger partial charge in [-0.05, 0) is 26.7 Å². The first kappa shape index (κ1) is 15.4. The van der Waals surface area contributed by atoms with Crippen LogP contribution in [0.2, 0.25) is 0 Å². The van der Waals surface area contributed by atoms with E-state index in [9.17, 15) is 13.2 Å². The standard InChI is InChI=1S/C12H23NO4S/c1-5-12(3,17-4)11(14)13(6-2)10-7-8-18(15,16)9-10/h10H,5-9H2,1-4H3. The van der Waals surface area contributed by atoms with E-state index in [1.54, 1.807) is 11.8 Å². The van der Waals surface area contributed by atoms with Crippen LogP contribution < -0.4 is 0 Å². The Balaban J connectivity index is 2.88. The summed E-state index contributed by atoms with van der Waals surface area (Å²) in [5, 5.41) is 0. The zero-order valence-electron chi connectivity index (χ0n) is 11.6. The molecule has 1 fully saturated rings. The molecule has 1 aliphatic heterocycles. The van der Waals surface area contributed by atoms with Crippen molar-refractivity contribution in [2.24, 2.45) is 0 Å². The number of carbonyl (C=O) groups excluding carboxylic acids is 1. The number of methoxy groups -OCH3 is 1. The lowest BCUT2D eigenvalue weighted by atomic mass is 10.00. The molecule has 1 aliphatic rings. The topological polar surface area (TPSA) is 63.7 Å². The lowest BCUT2D eigenvalue weighted by Crippen LogP contribution is -2.52. The summed E-state index contributed by atoms with van der Waals surface area (Å²) in [6, 6.07) is -0.200. The van der Waals surface area contributed by atoms with E-state index in [0.29, 0.717) is 19.4 Å². The minimum absolute atomic E-state index is 0.0795. The second-order valence-electron chi connectivity index (χ2n) is 4.94. The van der Waals surface area contributed by atoms with E-state index in [2.05, 4.69) is 0 Å². The summed E-state index contributed by atoms with van der Waals surface area (Å²) < 4.78 is 28.3. The van der Waals surface area contributed by atoms with Crippen molar-refractivity contribution in [1.82, 2.24) is 4.90 Å². The predicted molar refractivity (Wildman–Crippen MR) is 70.2 cm³/mol. The summed E-state index contributed by atoms with van der Waals surface area (Å²) in [4.78, 5) is 14.1. The molecule has 0 spiro atoms. The van der Waals surface area contributed by atoms with Crippen molar-refractivity contribution in [3.05, 3.63) is 0 Å². The van der Waals surface area contributed by atoms with Crippen LogP contribution >= 0.6 is 0 Å². The van der Waals surface area contributed by atoms with Crippen molar-refractivity contribution in [3.8, 4) is 0 Å². The Morgan fingerprint density at radius 3 is 2.39 bits per heavy atom. The Morgan fingerprint density at radius 2 is 2.06 bits per heavy atom. The SMILES string of the molecule is CCN(C(=O)C(C)(CC)OC)C1CCS(=O)(=O)C1. The molecule has 1 saturated heterocycles. The number of hydrogen-bond acceptors (Lipinski definition) is 4. The van der Waals surface area contributed by atoms with Crippen LogP contribution in [0.1, 0.15) is 33.6 Å². The quantitative estimate of drug-likeness (QED) is 0.747. The van der Waals surface area contributed by atoms with Crippen LogP contribution in [0.25, 0.3) is 0 Å². The minimum atomic E-state index is -2.98. The third kappa shape index (κ3) is 3.03. The zero-order valence-corrected chi connectivity index (χ0v) is 12.4. The summed E-state index contributed by atoms with van der Waals surface area (Å²) in [5.74, 6) is 0.144. The molecule has 0 saturated carbocycles. The fourth-order valence-corrected chi connectivity index (χ4v) is 4.01. The third-order valence-electron chi connectivity index (χ3n) is 3.83. The Labute approximate surface area is 109 Å². The molecule has 106 valence electrons. The second kappa shape index (κ2) is 5.57. The molecule has 2 atom stereocenters. The molecule has 0 aromatic rings. The first-order valence-electron chi connectivity index (χ1n) is 6.36. The molecule has 1 rings (SSSR count). The van der Waals surface area contributed by atoms with Crippen LogP contribution in [0.15, 0.2) is 0 Å². The number of carbonyl (C=O) groups is 1. The van der Waals surface area contributed by atoms with Crippen molar-refractivity contribution in [2.75, 3.05) is 25.2 Å². The number of amides is 1. The van der Waals surface area contributed by atoms with Gasteiger partial charge in [0.05, 0.1) is 11.5 Å². The molecular formula is C12H23NO4S. The molecule has 0 radical (unpaired) electrons. The van der Waals surface area contributed by atoms with Gasteiger partial charge >= 0.3 is 0 Å². The smallest absolute Gasteiger partial charge is 0.254 e. The monoisotopic (exact) mass is 277 g/mol. The van der Waals surface area contributed by atoms with Crippen LogP contribution in [-0.2, 0) is 19.4 Å². The van der Waals surface area contributed by atoms with Crippen LogP contribution in [-0.4, -0.2) is 56.0 Å². The van der Waals surface area contributed by atoms with Gasteiger partial charge in [-0.1, -0.05) is 6.92 Å². The molecule has 1 heterocycles. The van der Waals surface area contributed by atoms with E-state index in [1.165, 1.54) is 7.11 Å². The van der Waals surface area contributed by atoms with E-state index in [-0.39, 0.29) is 23.5 Å². The highest BCUT2D eigenvalue weighted by Crippen LogP contribution is 2.24. The van der Waals surface area contributed by atoms with Gasteiger partial charge in [0.25, 0.3) is 5.91 Å². The minimum Gasteiger partial charge on any atom is -0.369 e. The summed E-state index contributed by atoms with van der Waals surface area (Å²) in [7, 11) is -1.46. The fourth-order valence-electron chi connectivity index (χ4n) is 2.28. The number of likely N-dealkylation sites (N-methyl/N-ethyl adjacent to an activating group) is 1. The second-order valence-corrected chi connectivity index (χ2v) is 7.17. The molecule has 0 aliphatic carbocycles. The largest absolute Gasteiger partial charge is 0.369 e.